The second kappa shape index (κ2) is 5.07. The van der Waals surface area contributed by atoms with Crippen molar-refractivity contribution >= 4 is 21.4 Å². The van der Waals surface area contributed by atoms with Crippen LogP contribution in [0.15, 0.2) is 36.9 Å². The monoisotopic (exact) mass is 285 g/mol. The summed E-state index contributed by atoms with van der Waals surface area (Å²) in [4.78, 5) is 3.80. The largest absolute Gasteiger partial charge is 0.251 e. The first-order chi connectivity index (χ1) is 8.47. The molecule has 1 atom stereocenters. The molecular weight excluding hydrogens is 274 g/mol. The van der Waals surface area contributed by atoms with Gasteiger partial charge in [0, 0.05) is 11.3 Å². The van der Waals surface area contributed by atoms with Crippen molar-refractivity contribution in [1.29, 1.82) is 0 Å². The van der Waals surface area contributed by atoms with Crippen molar-refractivity contribution in [1.82, 2.24) is 14.8 Å². The number of benzene rings is 1. The highest BCUT2D eigenvalue weighted by molar-refractivity contribution is 7.90. The molecule has 0 aliphatic heterocycles. The van der Waals surface area contributed by atoms with Crippen molar-refractivity contribution in [3.63, 3.8) is 0 Å². The molecule has 0 amide bonds. The Bertz CT molecular complexity index is 608. The number of aromatic nitrogens is 3. The van der Waals surface area contributed by atoms with Gasteiger partial charge in [-0.3, -0.25) is 4.68 Å². The van der Waals surface area contributed by atoms with E-state index in [4.69, 9.17) is 11.6 Å². The SMILES string of the molecule is CS(=O)(=O)C(Cn1cncn1)c1ccc(Cl)cc1. The van der Waals surface area contributed by atoms with Crippen LogP contribution < -0.4 is 0 Å². The van der Waals surface area contributed by atoms with Gasteiger partial charge in [-0.2, -0.15) is 5.10 Å². The molecule has 7 heteroatoms. The molecule has 0 saturated carbocycles. The van der Waals surface area contributed by atoms with Crippen LogP contribution in [0.5, 0.6) is 0 Å². The maximum atomic E-state index is 11.8. The number of nitrogens with zero attached hydrogens (tertiary/aromatic N) is 3. The van der Waals surface area contributed by atoms with Crippen molar-refractivity contribution in [2.75, 3.05) is 6.26 Å². The average molecular weight is 286 g/mol. The lowest BCUT2D eigenvalue weighted by Gasteiger charge is -2.15. The highest BCUT2D eigenvalue weighted by Crippen LogP contribution is 2.24. The van der Waals surface area contributed by atoms with Gasteiger partial charge in [-0.15, -0.1) is 0 Å². The topological polar surface area (TPSA) is 64.8 Å². The van der Waals surface area contributed by atoms with E-state index in [-0.39, 0.29) is 6.54 Å². The summed E-state index contributed by atoms with van der Waals surface area (Å²) in [5, 5.41) is 3.85. The van der Waals surface area contributed by atoms with Crippen LogP contribution in [0, 0.1) is 0 Å². The van der Waals surface area contributed by atoms with E-state index in [1.165, 1.54) is 23.6 Å². The first-order valence-corrected chi connectivity index (χ1v) is 7.57. The van der Waals surface area contributed by atoms with Crippen LogP contribution >= 0.6 is 11.6 Å². The van der Waals surface area contributed by atoms with E-state index in [1.807, 2.05) is 0 Å². The Kier molecular flexibility index (Phi) is 3.68. The predicted octanol–water partition coefficient (Wildman–Crippen LogP) is 1.72. The van der Waals surface area contributed by atoms with Gasteiger partial charge >= 0.3 is 0 Å². The third kappa shape index (κ3) is 3.08. The van der Waals surface area contributed by atoms with Crippen LogP contribution in [0.25, 0.3) is 0 Å². The quantitative estimate of drug-likeness (QED) is 0.858. The van der Waals surface area contributed by atoms with Crippen molar-refractivity contribution in [3.8, 4) is 0 Å². The van der Waals surface area contributed by atoms with E-state index in [0.29, 0.717) is 10.6 Å². The van der Waals surface area contributed by atoms with Crippen molar-refractivity contribution < 1.29 is 8.42 Å². The Hall–Kier alpha value is -1.40. The molecule has 0 bridgehead atoms. The zero-order chi connectivity index (χ0) is 13.2. The summed E-state index contributed by atoms with van der Waals surface area (Å²) in [6, 6.07) is 6.78. The van der Waals surface area contributed by atoms with Gasteiger partial charge in [-0.05, 0) is 17.7 Å². The van der Waals surface area contributed by atoms with Gasteiger partial charge in [0.1, 0.15) is 17.9 Å². The number of rotatable bonds is 4. The second-order valence-electron chi connectivity index (χ2n) is 3.99. The summed E-state index contributed by atoms with van der Waals surface area (Å²) >= 11 is 5.80. The minimum Gasteiger partial charge on any atom is -0.251 e. The van der Waals surface area contributed by atoms with E-state index >= 15 is 0 Å². The minimum absolute atomic E-state index is 0.237. The molecule has 96 valence electrons. The smallest absolute Gasteiger partial charge is 0.156 e. The summed E-state index contributed by atoms with van der Waals surface area (Å²) in [6.45, 7) is 0.237. The maximum absolute atomic E-state index is 11.8. The van der Waals surface area contributed by atoms with E-state index in [0.717, 1.165) is 0 Å². The molecule has 0 saturated heterocycles. The molecule has 0 spiro atoms. The van der Waals surface area contributed by atoms with Crippen LogP contribution in [-0.4, -0.2) is 29.4 Å². The molecular formula is C11H12ClN3O2S. The number of hydrogen-bond acceptors (Lipinski definition) is 4. The van der Waals surface area contributed by atoms with Crippen LogP contribution in [0.2, 0.25) is 5.02 Å². The zero-order valence-electron chi connectivity index (χ0n) is 9.69. The summed E-state index contributed by atoms with van der Waals surface area (Å²) in [5.41, 5.74) is 0.692. The van der Waals surface area contributed by atoms with Gasteiger partial charge in [0.25, 0.3) is 0 Å². The molecule has 0 aliphatic carbocycles. The molecule has 5 nitrogen and oxygen atoms in total. The predicted molar refractivity (Wildman–Crippen MR) is 69.1 cm³/mol. The average Bonchev–Trinajstić information content (AvgIpc) is 2.79. The summed E-state index contributed by atoms with van der Waals surface area (Å²) in [7, 11) is -3.24. The summed E-state index contributed by atoms with van der Waals surface area (Å²) < 4.78 is 25.2. The lowest BCUT2D eigenvalue weighted by atomic mass is 10.1. The van der Waals surface area contributed by atoms with Crippen LogP contribution in [-0.2, 0) is 16.4 Å². The number of halogens is 1. The second-order valence-corrected chi connectivity index (χ2v) is 6.65. The Morgan fingerprint density at radius 1 is 1.33 bits per heavy atom. The third-order valence-electron chi connectivity index (χ3n) is 2.58. The van der Waals surface area contributed by atoms with Crippen LogP contribution in [0.1, 0.15) is 10.8 Å². The molecule has 2 rings (SSSR count). The number of hydrogen-bond donors (Lipinski definition) is 0. The lowest BCUT2D eigenvalue weighted by molar-refractivity contribution is 0.547. The molecule has 0 aliphatic rings. The van der Waals surface area contributed by atoms with Gasteiger partial charge in [0.2, 0.25) is 0 Å². The highest BCUT2D eigenvalue weighted by Gasteiger charge is 2.23. The fourth-order valence-electron chi connectivity index (χ4n) is 1.66. The van der Waals surface area contributed by atoms with Gasteiger partial charge in [-0.1, -0.05) is 23.7 Å². The van der Waals surface area contributed by atoms with Crippen LogP contribution in [0.3, 0.4) is 0 Å². The van der Waals surface area contributed by atoms with Crippen LogP contribution in [0.4, 0.5) is 0 Å². The summed E-state index contributed by atoms with van der Waals surface area (Å²) in [6.07, 6.45) is 4.08. The lowest BCUT2D eigenvalue weighted by Crippen LogP contribution is -2.18. The Labute approximate surface area is 110 Å². The zero-order valence-corrected chi connectivity index (χ0v) is 11.3. The van der Waals surface area contributed by atoms with Gasteiger partial charge < -0.3 is 0 Å². The Morgan fingerprint density at radius 2 is 2.00 bits per heavy atom. The normalized spacial score (nSPS) is 13.4. The molecule has 1 heterocycles. The fourth-order valence-corrected chi connectivity index (χ4v) is 2.86. The fraction of sp³-hybridized carbons (Fsp3) is 0.273. The van der Waals surface area contributed by atoms with E-state index in [1.54, 1.807) is 24.3 Å². The molecule has 0 N–H and O–H groups in total. The molecule has 1 unspecified atom stereocenters. The van der Waals surface area contributed by atoms with Crippen molar-refractivity contribution in [2.45, 2.75) is 11.8 Å². The van der Waals surface area contributed by atoms with Gasteiger partial charge in [-0.25, -0.2) is 13.4 Å². The minimum atomic E-state index is -3.24. The highest BCUT2D eigenvalue weighted by atomic mass is 35.5. The molecule has 2 aromatic rings. The standard InChI is InChI=1S/C11H12ClN3O2S/c1-18(16,17)11(6-15-8-13-7-14-15)9-2-4-10(12)5-3-9/h2-5,7-8,11H,6H2,1H3. The van der Waals surface area contributed by atoms with E-state index in [9.17, 15) is 8.42 Å². The van der Waals surface area contributed by atoms with Gasteiger partial charge in [0.05, 0.1) is 6.54 Å². The molecule has 0 radical (unpaired) electrons. The van der Waals surface area contributed by atoms with Gasteiger partial charge in [0.15, 0.2) is 9.84 Å². The maximum Gasteiger partial charge on any atom is 0.156 e. The molecule has 1 aromatic heterocycles. The first-order valence-electron chi connectivity index (χ1n) is 5.23. The van der Waals surface area contributed by atoms with E-state index < -0.39 is 15.1 Å². The van der Waals surface area contributed by atoms with Crippen molar-refractivity contribution in [2.24, 2.45) is 0 Å². The Morgan fingerprint density at radius 3 is 2.50 bits per heavy atom. The first kappa shape index (κ1) is 13.0. The summed E-state index contributed by atoms with van der Waals surface area (Å²) in [5.74, 6) is 0. The third-order valence-corrected chi connectivity index (χ3v) is 4.28. The molecule has 18 heavy (non-hydrogen) atoms. The molecule has 1 aromatic carbocycles. The number of sulfone groups is 1. The van der Waals surface area contributed by atoms with Crippen molar-refractivity contribution in [3.05, 3.63) is 47.5 Å². The molecule has 0 fully saturated rings. The van der Waals surface area contributed by atoms with E-state index in [2.05, 4.69) is 10.1 Å². The Balaban J connectivity index is 2.34.